The number of hydrogen-bond donors (Lipinski definition) is 0. The zero-order valence-electron chi connectivity index (χ0n) is 8.96. The summed E-state index contributed by atoms with van der Waals surface area (Å²) in [4.78, 5) is 1.03. The maximum absolute atomic E-state index is 13.2. The molecule has 0 aliphatic heterocycles. The molecular formula is C12H14FNS. The highest BCUT2D eigenvalue weighted by Crippen LogP contribution is 2.23. The minimum Gasteiger partial charge on any atom is -0.244 e. The first-order chi connectivity index (χ1) is 7.01. The Kier molecular flexibility index (Phi) is 4.16. The van der Waals surface area contributed by atoms with E-state index in [2.05, 4.69) is 6.07 Å². The summed E-state index contributed by atoms with van der Waals surface area (Å²) in [5, 5.41) is 8.70. The lowest BCUT2D eigenvalue weighted by atomic mass is 10.1. The van der Waals surface area contributed by atoms with Crippen LogP contribution in [-0.2, 0) is 0 Å². The normalized spacial score (nSPS) is 11.1. The van der Waals surface area contributed by atoms with E-state index in [9.17, 15) is 4.39 Å². The summed E-state index contributed by atoms with van der Waals surface area (Å²) < 4.78 is 13.2. The summed E-state index contributed by atoms with van der Waals surface area (Å²) in [5.41, 5.74) is -0.459. The summed E-state index contributed by atoms with van der Waals surface area (Å²) in [7, 11) is 0. The Bertz CT molecular complexity index is 363. The van der Waals surface area contributed by atoms with Crippen LogP contribution in [0.2, 0.25) is 0 Å². The molecule has 0 radical (unpaired) electrons. The maximum atomic E-state index is 13.2. The topological polar surface area (TPSA) is 23.8 Å². The van der Waals surface area contributed by atoms with Crippen LogP contribution in [0.3, 0.4) is 0 Å². The molecule has 1 rings (SSSR count). The van der Waals surface area contributed by atoms with Gasteiger partial charge in [0.2, 0.25) is 0 Å². The highest BCUT2D eigenvalue weighted by molar-refractivity contribution is 7.99. The quantitative estimate of drug-likeness (QED) is 0.725. The lowest BCUT2D eigenvalue weighted by molar-refractivity contribution is 0.212. The van der Waals surface area contributed by atoms with Crippen molar-refractivity contribution < 1.29 is 4.39 Å². The van der Waals surface area contributed by atoms with Crippen molar-refractivity contribution in [2.24, 2.45) is 0 Å². The van der Waals surface area contributed by atoms with Gasteiger partial charge in [-0.05, 0) is 38.5 Å². The van der Waals surface area contributed by atoms with Crippen LogP contribution in [0.4, 0.5) is 4.39 Å². The van der Waals surface area contributed by atoms with Gasteiger partial charge in [0.05, 0.1) is 11.6 Å². The van der Waals surface area contributed by atoms with Crippen molar-refractivity contribution in [3.05, 3.63) is 29.8 Å². The summed E-state index contributed by atoms with van der Waals surface area (Å²) >= 11 is 1.59. The van der Waals surface area contributed by atoms with Gasteiger partial charge in [0.25, 0.3) is 0 Å². The number of nitriles is 1. The predicted molar refractivity (Wildman–Crippen MR) is 61.7 cm³/mol. The number of benzene rings is 1. The van der Waals surface area contributed by atoms with E-state index in [0.717, 1.165) is 10.6 Å². The molecule has 1 aromatic rings. The van der Waals surface area contributed by atoms with E-state index in [4.69, 9.17) is 5.26 Å². The van der Waals surface area contributed by atoms with Gasteiger partial charge < -0.3 is 0 Å². The van der Waals surface area contributed by atoms with E-state index in [0.29, 0.717) is 12.0 Å². The highest BCUT2D eigenvalue weighted by Gasteiger charge is 2.14. The molecule has 0 bridgehead atoms. The summed E-state index contributed by atoms with van der Waals surface area (Å²) in [5.74, 6) is 0.735. The Morgan fingerprint density at radius 2 is 2.20 bits per heavy atom. The zero-order chi connectivity index (χ0) is 11.3. The molecule has 0 N–H and O–H groups in total. The van der Waals surface area contributed by atoms with Crippen LogP contribution in [0.25, 0.3) is 0 Å². The molecular weight excluding hydrogens is 209 g/mol. The first-order valence-electron chi connectivity index (χ1n) is 4.83. The number of halogens is 1. The maximum Gasteiger partial charge on any atom is 0.106 e. The summed E-state index contributed by atoms with van der Waals surface area (Å²) in [6.45, 7) is 3.17. The number of rotatable bonds is 4. The van der Waals surface area contributed by atoms with Crippen molar-refractivity contribution in [1.82, 2.24) is 0 Å². The molecule has 0 aliphatic carbocycles. The van der Waals surface area contributed by atoms with Crippen LogP contribution in [0, 0.1) is 11.3 Å². The van der Waals surface area contributed by atoms with Gasteiger partial charge in [-0.3, -0.25) is 0 Å². The fraction of sp³-hybridized carbons (Fsp3) is 0.417. The second-order valence-corrected chi connectivity index (χ2v) is 5.13. The largest absolute Gasteiger partial charge is 0.244 e. The van der Waals surface area contributed by atoms with E-state index in [1.165, 1.54) is 0 Å². The predicted octanol–water partition coefficient (Wildman–Crippen LogP) is 3.79. The lowest BCUT2D eigenvalue weighted by Crippen LogP contribution is -2.12. The Hall–Kier alpha value is -1.01. The van der Waals surface area contributed by atoms with E-state index in [1.54, 1.807) is 31.7 Å². The molecule has 0 saturated heterocycles. The van der Waals surface area contributed by atoms with Gasteiger partial charge in [-0.25, -0.2) is 4.39 Å². The van der Waals surface area contributed by atoms with Gasteiger partial charge in [0.1, 0.15) is 5.67 Å². The summed E-state index contributed by atoms with van der Waals surface area (Å²) in [6.07, 6.45) is 0.522. The van der Waals surface area contributed by atoms with Crippen molar-refractivity contribution >= 4 is 11.8 Å². The highest BCUT2D eigenvalue weighted by atomic mass is 32.2. The first kappa shape index (κ1) is 12.1. The van der Waals surface area contributed by atoms with E-state index in [-0.39, 0.29) is 0 Å². The third kappa shape index (κ3) is 4.85. The Labute approximate surface area is 94.3 Å². The molecule has 80 valence electrons. The molecule has 0 atom stereocenters. The van der Waals surface area contributed by atoms with E-state index >= 15 is 0 Å². The third-order valence-corrected chi connectivity index (χ3v) is 2.92. The van der Waals surface area contributed by atoms with Crippen LogP contribution < -0.4 is 0 Å². The Morgan fingerprint density at radius 3 is 2.80 bits per heavy atom. The van der Waals surface area contributed by atoms with Gasteiger partial charge in [0, 0.05) is 10.6 Å². The number of alkyl halides is 1. The minimum absolute atomic E-state index is 0.522. The van der Waals surface area contributed by atoms with Crippen molar-refractivity contribution in [1.29, 1.82) is 5.26 Å². The number of hydrogen-bond acceptors (Lipinski definition) is 2. The smallest absolute Gasteiger partial charge is 0.106 e. The standard InChI is InChI=1S/C12H14FNS/c1-12(2,13)6-7-15-11-5-3-4-10(8-11)9-14/h3-5,8H,6-7H2,1-2H3. The molecule has 15 heavy (non-hydrogen) atoms. The van der Waals surface area contributed by atoms with Gasteiger partial charge >= 0.3 is 0 Å². The molecule has 0 saturated carbocycles. The molecule has 0 amide bonds. The van der Waals surface area contributed by atoms with Gasteiger partial charge in [-0.15, -0.1) is 11.8 Å². The molecule has 0 unspecified atom stereocenters. The Morgan fingerprint density at radius 1 is 1.47 bits per heavy atom. The van der Waals surface area contributed by atoms with Crippen LogP contribution >= 0.6 is 11.8 Å². The third-order valence-electron chi connectivity index (χ3n) is 1.93. The van der Waals surface area contributed by atoms with E-state index in [1.807, 2.05) is 18.2 Å². The zero-order valence-corrected chi connectivity index (χ0v) is 9.77. The minimum atomic E-state index is -1.11. The van der Waals surface area contributed by atoms with Crippen LogP contribution in [0.15, 0.2) is 29.2 Å². The van der Waals surface area contributed by atoms with Gasteiger partial charge in [-0.2, -0.15) is 5.26 Å². The van der Waals surface area contributed by atoms with Crippen molar-refractivity contribution in [2.75, 3.05) is 5.75 Å². The molecule has 0 aliphatic rings. The number of thioether (sulfide) groups is 1. The monoisotopic (exact) mass is 223 g/mol. The van der Waals surface area contributed by atoms with Crippen molar-refractivity contribution in [2.45, 2.75) is 30.8 Å². The van der Waals surface area contributed by atoms with Crippen molar-refractivity contribution in [3.8, 4) is 6.07 Å². The molecule has 0 fully saturated rings. The van der Waals surface area contributed by atoms with Gasteiger partial charge in [-0.1, -0.05) is 6.07 Å². The molecule has 1 nitrogen and oxygen atoms in total. The lowest BCUT2D eigenvalue weighted by Gasteiger charge is -2.12. The van der Waals surface area contributed by atoms with Gasteiger partial charge in [0.15, 0.2) is 0 Å². The average molecular weight is 223 g/mol. The van der Waals surface area contributed by atoms with Crippen molar-refractivity contribution in [3.63, 3.8) is 0 Å². The van der Waals surface area contributed by atoms with Crippen LogP contribution in [0.1, 0.15) is 25.8 Å². The van der Waals surface area contributed by atoms with E-state index < -0.39 is 5.67 Å². The second-order valence-electron chi connectivity index (χ2n) is 3.96. The van der Waals surface area contributed by atoms with Crippen LogP contribution in [0.5, 0.6) is 0 Å². The fourth-order valence-corrected chi connectivity index (χ4v) is 2.28. The summed E-state index contributed by atoms with van der Waals surface area (Å²) in [6, 6.07) is 9.47. The Balaban J connectivity index is 2.48. The number of nitrogens with zero attached hydrogens (tertiary/aromatic N) is 1. The fourth-order valence-electron chi connectivity index (χ4n) is 1.07. The van der Waals surface area contributed by atoms with Crippen LogP contribution in [-0.4, -0.2) is 11.4 Å². The first-order valence-corrected chi connectivity index (χ1v) is 5.82. The molecule has 1 aromatic carbocycles. The average Bonchev–Trinajstić information content (AvgIpc) is 2.16. The second kappa shape index (κ2) is 5.18. The SMILES string of the molecule is CC(C)(F)CCSc1cccc(C#N)c1. The molecule has 0 heterocycles. The molecule has 0 spiro atoms. The molecule has 0 aromatic heterocycles. The molecule has 3 heteroatoms.